The van der Waals surface area contributed by atoms with Crippen LogP contribution >= 0.6 is 0 Å². The quantitative estimate of drug-likeness (QED) is 0.722. The molecule has 0 radical (unpaired) electrons. The first-order valence-electron chi connectivity index (χ1n) is 6.00. The lowest BCUT2D eigenvalue weighted by Gasteiger charge is -2.34. The molecule has 98 valence electrons. The van der Waals surface area contributed by atoms with Gasteiger partial charge in [-0.1, -0.05) is 6.92 Å². The number of ether oxygens (including phenoxy) is 2. The molecular formula is C12H21NO4. The maximum atomic E-state index is 11.1. The van der Waals surface area contributed by atoms with Crippen molar-refractivity contribution in [1.29, 1.82) is 0 Å². The summed E-state index contributed by atoms with van der Waals surface area (Å²) in [5, 5.41) is 8.87. The number of allylic oxidation sites excluding steroid dienone is 1. The van der Waals surface area contributed by atoms with Crippen LogP contribution in [0.4, 0.5) is 0 Å². The third-order valence-corrected chi connectivity index (χ3v) is 2.95. The molecule has 0 saturated carbocycles. The number of hydrogen-bond donors (Lipinski definition) is 2. The number of aliphatic hydroxyl groups is 1. The molecule has 0 spiro atoms. The maximum Gasteiger partial charge on any atom is 0.283 e. The second kappa shape index (κ2) is 6.61. The van der Waals surface area contributed by atoms with Gasteiger partial charge in [0, 0.05) is 19.1 Å². The van der Waals surface area contributed by atoms with E-state index in [2.05, 4.69) is 0 Å². The van der Waals surface area contributed by atoms with Gasteiger partial charge >= 0.3 is 0 Å². The van der Waals surface area contributed by atoms with E-state index in [1.807, 2.05) is 13.8 Å². The highest BCUT2D eigenvalue weighted by molar-refractivity contribution is 5.90. The minimum Gasteiger partial charge on any atom is -0.459 e. The van der Waals surface area contributed by atoms with E-state index in [0.29, 0.717) is 13.0 Å². The largest absolute Gasteiger partial charge is 0.459 e. The van der Waals surface area contributed by atoms with Crippen molar-refractivity contribution in [2.45, 2.75) is 33.0 Å². The molecule has 1 rings (SSSR count). The Morgan fingerprint density at radius 2 is 2.35 bits per heavy atom. The van der Waals surface area contributed by atoms with Crippen molar-refractivity contribution in [2.75, 3.05) is 13.2 Å². The first-order chi connectivity index (χ1) is 8.10. The van der Waals surface area contributed by atoms with Gasteiger partial charge in [0.15, 0.2) is 5.76 Å². The van der Waals surface area contributed by atoms with Crippen LogP contribution in [-0.2, 0) is 14.3 Å². The first-order valence-corrected chi connectivity index (χ1v) is 6.00. The van der Waals surface area contributed by atoms with E-state index in [9.17, 15) is 4.79 Å². The molecule has 0 aromatic heterocycles. The van der Waals surface area contributed by atoms with Crippen molar-refractivity contribution < 1.29 is 19.4 Å². The molecule has 5 nitrogen and oxygen atoms in total. The summed E-state index contributed by atoms with van der Waals surface area (Å²) in [6.07, 6.45) is 2.78. The van der Waals surface area contributed by atoms with E-state index in [0.717, 1.165) is 6.42 Å². The van der Waals surface area contributed by atoms with Gasteiger partial charge in [-0.3, -0.25) is 4.79 Å². The minimum atomic E-state index is -0.567. The van der Waals surface area contributed by atoms with E-state index in [1.165, 1.54) is 0 Å². The summed E-state index contributed by atoms with van der Waals surface area (Å²) in [6, 6.07) is 0. The fourth-order valence-electron chi connectivity index (χ4n) is 2.05. The van der Waals surface area contributed by atoms with Gasteiger partial charge in [-0.25, -0.2) is 0 Å². The summed E-state index contributed by atoms with van der Waals surface area (Å²) >= 11 is 0. The maximum absolute atomic E-state index is 11.1. The van der Waals surface area contributed by atoms with Crippen LogP contribution in [-0.4, -0.2) is 30.5 Å². The van der Waals surface area contributed by atoms with Gasteiger partial charge in [0.25, 0.3) is 5.91 Å². The number of nitrogens with two attached hydrogens (primary N) is 1. The molecule has 3 atom stereocenters. The number of amides is 1. The van der Waals surface area contributed by atoms with Gasteiger partial charge in [0.2, 0.25) is 6.29 Å². The van der Waals surface area contributed by atoms with Gasteiger partial charge in [0.05, 0.1) is 0 Å². The topological polar surface area (TPSA) is 81.8 Å². The fraction of sp³-hybridized carbons (Fsp3) is 0.750. The van der Waals surface area contributed by atoms with Crippen molar-refractivity contribution in [3.05, 3.63) is 11.8 Å². The molecule has 0 aliphatic carbocycles. The van der Waals surface area contributed by atoms with E-state index in [4.69, 9.17) is 20.3 Å². The Labute approximate surface area is 102 Å². The predicted octanol–water partition coefficient (Wildman–Crippen LogP) is 0.773. The second-order valence-electron chi connectivity index (χ2n) is 4.23. The van der Waals surface area contributed by atoms with Crippen molar-refractivity contribution in [3.8, 4) is 0 Å². The summed E-state index contributed by atoms with van der Waals surface area (Å²) in [5.41, 5.74) is 5.21. The molecule has 3 N–H and O–H groups in total. The summed E-state index contributed by atoms with van der Waals surface area (Å²) in [4.78, 5) is 11.1. The van der Waals surface area contributed by atoms with Crippen LogP contribution in [0.1, 0.15) is 26.7 Å². The summed E-state index contributed by atoms with van der Waals surface area (Å²) < 4.78 is 10.9. The Balaban J connectivity index is 2.76. The number of primary amides is 1. The lowest BCUT2D eigenvalue weighted by molar-refractivity contribution is -0.170. The summed E-state index contributed by atoms with van der Waals surface area (Å²) in [5.74, 6) is -0.0992. The van der Waals surface area contributed by atoms with Crippen LogP contribution < -0.4 is 5.73 Å². The third kappa shape index (κ3) is 3.71. The highest BCUT2D eigenvalue weighted by Crippen LogP contribution is 2.32. The molecule has 0 bridgehead atoms. The molecule has 1 aliphatic heterocycles. The Morgan fingerprint density at radius 1 is 1.65 bits per heavy atom. The van der Waals surface area contributed by atoms with Gasteiger partial charge in [0.1, 0.15) is 0 Å². The van der Waals surface area contributed by atoms with E-state index < -0.39 is 12.2 Å². The molecule has 1 heterocycles. The van der Waals surface area contributed by atoms with Crippen molar-refractivity contribution in [3.63, 3.8) is 0 Å². The van der Waals surface area contributed by atoms with E-state index >= 15 is 0 Å². The molecule has 17 heavy (non-hydrogen) atoms. The van der Waals surface area contributed by atoms with E-state index in [-0.39, 0.29) is 24.2 Å². The highest BCUT2D eigenvalue weighted by Gasteiger charge is 2.33. The number of aliphatic hydroxyl groups excluding tert-OH is 1. The van der Waals surface area contributed by atoms with Crippen LogP contribution in [0, 0.1) is 11.8 Å². The number of carbonyl (C=O) groups excluding carboxylic acids is 1. The van der Waals surface area contributed by atoms with Crippen LogP contribution in [0.5, 0.6) is 0 Å². The van der Waals surface area contributed by atoms with Gasteiger partial charge in [-0.05, 0) is 31.8 Å². The van der Waals surface area contributed by atoms with Gasteiger partial charge < -0.3 is 20.3 Å². The SMILES string of the molecule is CCO[C@@H]1OC(C(N)=O)=C[C@H](C)[C@@H]1CCCO. The zero-order valence-corrected chi connectivity index (χ0v) is 10.4. The lowest BCUT2D eigenvalue weighted by atomic mass is 9.87. The van der Waals surface area contributed by atoms with Crippen molar-refractivity contribution >= 4 is 5.91 Å². The summed E-state index contributed by atoms with van der Waals surface area (Å²) in [6.45, 7) is 4.53. The molecule has 0 aromatic carbocycles. The molecule has 1 amide bonds. The van der Waals surface area contributed by atoms with Crippen LogP contribution in [0.15, 0.2) is 11.8 Å². The number of rotatable bonds is 6. The Hall–Kier alpha value is -1.07. The average Bonchev–Trinajstić information content (AvgIpc) is 2.28. The Morgan fingerprint density at radius 3 is 2.88 bits per heavy atom. The average molecular weight is 243 g/mol. The predicted molar refractivity (Wildman–Crippen MR) is 62.8 cm³/mol. The van der Waals surface area contributed by atoms with Gasteiger partial charge in [-0.2, -0.15) is 0 Å². The second-order valence-corrected chi connectivity index (χ2v) is 4.23. The zero-order valence-electron chi connectivity index (χ0n) is 10.4. The molecule has 0 aromatic rings. The minimum absolute atomic E-state index is 0.144. The monoisotopic (exact) mass is 243 g/mol. The lowest BCUT2D eigenvalue weighted by Crippen LogP contribution is -2.37. The van der Waals surface area contributed by atoms with Crippen molar-refractivity contribution in [1.82, 2.24) is 0 Å². The Kier molecular flexibility index (Phi) is 5.44. The Bertz CT molecular complexity index is 290. The molecular weight excluding hydrogens is 222 g/mol. The molecule has 1 aliphatic rings. The third-order valence-electron chi connectivity index (χ3n) is 2.95. The molecule has 0 fully saturated rings. The smallest absolute Gasteiger partial charge is 0.283 e. The number of carbonyl (C=O) groups is 1. The van der Waals surface area contributed by atoms with Crippen molar-refractivity contribution in [2.24, 2.45) is 17.6 Å². The normalized spacial score (nSPS) is 28.4. The van der Waals surface area contributed by atoms with Gasteiger partial charge in [-0.15, -0.1) is 0 Å². The number of hydrogen-bond acceptors (Lipinski definition) is 4. The first kappa shape index (κ1) is 14.0. The zero-order chi connectivity index (χ0) is 12.8. The fourth-order valence-corrected chi connectivity index (χ4v) is 2.05. The summed E-state index contributed by atoms with van der Waals surface area (Å²) in [7, 11) is 0. The molecule has 0 saturated heterocycles. The van der Waals surface area contributed by atoms with Crippen LogP contribution in [0.2, 0.25) is 0 Å². The highest BCUT2D eigenvalue weighted by atomic mass is 16.7. The van der Waals surface area contributed by atoms with Crippen LogP contribution in [0.25, 0.3) is 0 Å². The molecule has 0 unspecified atom stereocenters. The van der Waals surface area contributed by atoms with E-state index in [1.54, 1.807) is 6.08 Å². The van der Waals surface area contributed by atoms with Crippen LogP contribution in [0.3, 0.4) is 0 Å². The molecule has 5 heteroatoms. The standard InChI is InChI=1S/C12H21NO4/c1-3-16-12-9(5-4-6-14)8(2)7-10(17-12)11(13)15/h7-9,12,14H,3-6H2,1-2H3,(H2,13,15)/t8-,9-,12+/m0/s1.